The molecule has 1 aromatic carbocycles. The molecular weight excluding hydrogens is 262 g/mol. The fourth-order valence-electron chi connectivity index (χ4n) is 3.57. The van der Waals surface area contributed by atoms with Gasteiger partial charge in [-0.2, -0.15) is 0 Å². The lowest BCUT2D eigenvalue weighted by molar-refractivity contribution is -0.139. The lowest BCUT2D eigenvalue weighted by Gasteiger charge is -2.21. The average Bonchev–Trinajstić information content (AvgIpc) is 2.71. The summed E-state index contributed by atoms with van der Waals surface area (Å²) in [6.45, 7) is 6.64. The van der Waals surface area contributed by atoms with E-state index in [0.717, 1.165) is 30.5 Å². The number of carboxylic acid groups (broad SMARTS) is 1. The van der Waals surface area contributed by atoms with Gasteiger partial charge in [-0.3, -0.25) is 4.79 Å². The molecule has 0 aliphatic heterocycles. The van der Waals surface area contributed by atoms with Crippen molar-refractivity contribution in [1.82, 2.24) is 4.57 Å². The first kappa shape index (κ1) is 14.2. The number of rotatable bonds is 1. The smallest absolute Gasteiger partial charge is 0.312 e. The van der Waals surface area contributed by atoms with Crippen LogP contribution in [0.1, 0.15) is 56.4 Å². The van der Waals surface area contributed by atoms with E-state index in [1.54, 1.807) is 0 Å². The third-order valence-electron chi connectivity index (χ3n) is 4.77. The lowest BCUT2D eigenvalue weighted by atomic mass is 9.84. The number of carboxylic acids is 1. The highest BCUT2D eigenvalue weighted by Crippen LogP contribution is 2.39. The van der Waals surface area contributed by atoms with Gasteiger partial charge in [-0.15, -0.1) is 0 Å². The summed E-state index contributed by atoms with van der Waals surface area (Å²) in [4.78, 5) is 11.6. The quantitative estimate of drug-likeness (QED) is 0.861. The number of hydrogen-bond acceptors (Lipinski definition) is 1. The van der Waals surface area contributed by atoms with Crippen molar-refractivity contribution in [3.63, 3.8) is 0 Å². The van der Waals surface area contributed by atoms with Gasteiger partial charge in [0.15, 0.2) is 0 Å². The van der Waals surface area contributed by atoms with E-state index in [1.165, 1.54) is 16.5 Å². The molecule has 3 heteroatoms. The van der Waals surface area contributed by atoms with Crippen LogP contribution in [0.15, 0.2) is 18.2 Å². The van der Waals surface area contributed by atoms with Crippen molar-refractivity contribution in [2.45, 2.75) is 51.4 Å². The van der Waals surface area contributed by atoms with E-state index < -0.39 is 5.97 Å². The van der Waals surface area contributed by atoms with Crippen molar-refractivity contribution >= 4 is 16.9 Å². The summed E-state index contributed by atoms with van der Waals surface area (Å²) in [5, 5.41) is 10.7. The molecule has 0 spiro atoms. The molecular formula is C18H23NO2. The number of aromatic nitrogens is 1. The summed E-state index contributed by atoms with van der Waals surface area (Å²) in [5.41, 5.74) is 4.83. The third-order valence-corrected chi connectivity index (χ3v) is 4.77. The summed E-state index contributed by atoms with van der Waals surface area (Å²) >= 11 is 0. The van der Waals surface area contributed by atoms with Crippen LogP contribution in [0.2, 0.25) is 0 Å². The second-order valence-corrected chi connectivity index (χ2v) is 7.19. The highest BCUT2D eigenvalue weighted by Gasteiger charge is 2.31. The van der Waals surface area contributed by atoms with E-state index in [1.807, 2.05) is 7.05 Å². The van der Waals surface area contributed by atoms with Crippen LogP contribution in [0.4, 0.5) is 0 Å². The maximum Gasteiger partial charge on any atom is 0.312 e. The molecule has 1 aliphatic carbocycles. The fraction of sp³-hybridized carbons (Fsp3) is 0.500. The van der Waals surface area contributed by atoms with Gasteiger partial charge in [0.1, 0.15) is 0 Å². The molecule has 3 rings (SSSR count). The molecule has 21 heavy (non-hydrogen) atoms. The van der Waals surface area contributed by atoms with E-state index in [-0.39, 0.29) is 11.3 Å². The van der Waals surface area contributed by atoms with Gasteiger partial charge in [-0.1, -0.05) is 26.8 Å². The van der Waals surface area contributed by atoms with Gasteiger partial charge in [0.25, 0.3) is 0 Å². The molecule has 1 unspecified atom stereocenters. The Hall–Kier alpha value is -1.77. The van der Waals surface area contributed by atoms with E-state index in [2.05, 4.69) is 43.5 Å². The van der Waals surface area contributed by atoms with Crippen LogP contribution in [0.3, 0.4) is 0 Å². The minimum absolute atomic E-state index is 0.109. The largest absolute Gasteiger partial charge is 0.481 e. The highest BCUT2D eigenvalue weighted by atomic mass is 16.4. The molecule has 0 saturated heterocycles. The van der Waals surface area contributed by atoms with Crippen LogP contribution in [0, 0.1) is 0 Å². The Morgan fingerprint density at radius 1 is 1.33 bits per heavy atom. The van der Waals surface area contributed by atoms with Crippen LogP contribution in [-0.2, 0) is 23.7 Å². The second kappa shape index (κ2) is 4.62. The Labute approximate surface area is 125 Å². The molecule has 1 aliphatic rings. The van der Waals surface area contributed by atoms with Gasteiger partial charge in [-0.25, -0.2) is 0 Å². The molecule has 1 aromatic heterocycles. The molecule has 1 N–H and O–H groups in total. The minimum Gasteiger partial charge on any atom is -0.481 e. The molecule has 2 aromatic rings. The number of carbonyl (C=O) groups is 1. The van der Waals surface area contributed by atoms with Gasteiger partial charge in [0.2, 0.25) is 0 Å². The number of hydrogen-bond donors (Lipinski definition) is 1. The monoisotopic (exact) mass is 285 g/mol. The number of aliphatic carboxylic acids is 1. The normalized spacial score (nSPS) is 18.8. The topological polar surface area (TPSA) is 42.2 Å². The van der Waals surface area contributed by atoms with E-state index >= 15 is 0 Å². The van der Waals surface area contributed by atoms with Gasteiger partial charge in [0.05, 0.1) is 5.92 Å². The third kappa shape index (κ3) is 2.15. The Morgan fingerprint density at radius 2 is 2.05 bits per heavy atom. The maximum atomic E-state index is 11.6. The molecule has 0 bridgehead atoms. The summed E-state index contributed by atoms with van der Waals surface area (Å²) in [5.74, 6) is -1.05. The first-order valence-electron chi connectivity index (χ1n) is 7.65. The van der Waals surface area contributed by atoms with Crippen molar-refractivity contribution < 1.29 is 9.90 Å². The highest BCUT2D eigenvalue weighted by molar-refractivity contribution is 5.89. The van der Waals surface area contributed by atoms with Gasteiger partial charge in [-0.05, 0) is 47.9 Å². The predicted molar refractivity (Wildman–Crippen MR) is 84.9 cm³/mol. The van der Waals surface area contributed by atoms with Gasteiger partial charge < -0.3 is 9.67 Å². The number of nitrogens with zero attached hydrogens (tertiary/aromatic N) is 1. The Morgan fingerprint density at radius 3 is 2.67 bits per heavy atom. The molecule has 0 radical (unpaired) electrons. The van der Waals surface area contributed by atoms with Gasteiger partial charge in [0, 0.05) is 23.6 Å². The van der Waals surface area contributed by atoms with Crippen molar-refractivity contribution in [2.75, 3.05) is 0 Å². The van der Waals surface area contributed by atoms with Crippen LogP contribution in [-0.4, -0.2) is 15.6 Å². The molecule has 112 valence electrons. The Balaban J connectivity index is 2.28. The lowest BCUT2D eigenvalue weighted by Crippen LogP contribution is -2.20. The van der Waals surface area contributed by atoms with E-state index in [9.17, 15) is 9.90 Å². The summed E-state index contributed by atoms with van der Waals surface area (Å²) in [6, 6.07) is 6.58. The summed E-state index contributed by atoms with van der Waals surface area (Å²) < 4.78 is 2.09. The Kier molecular flexibility index (Phi) is 3.12. The molecule has 0 fully saturated rings. The van der Waals surface area contributed by atoms with Crippen LogP contribution < -0.4 is 0 Å². The molecule has 0 amide bonds. The molecule has 1 atom stereocenters. The standard InChI is InChI=1S/C18H23NO2/c1-18(2,3)11-8-9-15-14(10-11)12-6-5-7-13(17(20)21)16(12)19(15)4/h8-10,13H,5-7H2,1-4H3,(H,20,21). The van der Waals surface area contributed by atoms with E-state index in [4.69, 9.17) is 0 Å². The minimum atomic E-state index is -0.696. The zero-order chi connectivity index (χ0) is 15.4. The average molecular weight is 285 g/mol. The predicted octanol–water partition coefficient (Wildman–Crippen LogP) is 3.98. The van der Waals surface area contributed by atoms with Crippen molar-refractivity contribution in [2.24, 2.45) is 7.05 Å². The zero-order valence-corrected chi connectivity index (χ0v) is 13.2. The van der Waals surface area contributed by atoms with Crippen molar-refractivity contribution in [1.29, 1.82) is 0 Å². The van der Waals surface area contributed by atoms with Crippen LogP contribution >= 0.6 is 0 Å². The van der Waals surface area contributed by atoms with Crippen LogP contribution in [0.5, 0.6) is 0 Å². The number of benzene rings is 1. The summed E-state index contributed by atoms with van der Waals surface area (Å²) in [7, 11) is 2.00. The maximum absolute atomic E-state index is 11.6. The first-order valence-corrected chi connectivity index (χ1v) is 7.65. The zero-order valence-electron chi connectivity index (χ0n) is 13.2. The number of aryl methyl sites for hydroxylation is 2. The molecule has 1 heterocycles. The molecule has 0 saturated carbocycles. The fourth-order valence-corrected chi connectivity index (χ4v) is 3.57. The van der Waals surface area contributed by atoms with Gasteiger partial charge >= 0.3 is 5.97 Å². The Bertz CT molecular complexity index is 719. The molecule has 3 nitrogen and oxygen atoms in total. The first-order chi connectivity index (χ1) is 9.80. The SMILES string of the molecule is Cn1c2c(c3cc(C(C)(C)C)ccc31)CCCC2C(=O)O. The van der Waals surface area contributed by atoms with E-state index in [0.29, 0.717) is 0 Å². The summed E-state index contributed by atoms with van der Waals surface area (Å²) in [6.07, 6.45) is 2.70. The van der Waals surface area contributed by atoms with Crippen molar-refractivity contribution in [3.05, 3.63) is 35.0 Å². The van der Waals surface area contributed by atoms with Crippen molar-refractivity contribution in [3.8, 4) is 0 Å². The number of fused-ring (bicyclic) bond motifs is 3. The van der Waals surface area contributed by atoms with Crippen LogP contribution in [0.25, 0.3) is 10.9 Å². The second-order valence-electron chi connectivity index (χ2n) is 7.19.